The van der Waals surface area contributed by atoms with E-state index < -0.39 is 0 Å². The summed E-state index contributed by atoms with van der Waals surface area (Å²) in [5.74, 6) is 1.82. The van der Waals surface area contributed by atoms with Crippen LogP contribution in [0.4, 0.5) is 11.4 Å². The molecule has 0 saturated heterocycles. The van der Waals surface area contributed by atoms with Crippen LogP contribution in [0.1, 0.15) is 51.7 Å². The Morgan fingerprint density at radius 2 is 1.73 bits per heavy atom. The lowest BCUT2D eigenvalue weighted by Gasteiger charge is -2.28. The standard InChI is InChI=1S/C26H38N2O2/c1-8-26(4,23-19-22(29-6)15-16-24(23)27-5)17-11-12-20-13-14-21(18-25(20)30-7)28(9-2)10-3/h11-16,18-19,27H,8-10,17H2,1-7H3/p+1/b12-11+. The second kappa shape index (κ2) is 11.1. The molecular weight excluding hydrogens is 372 g/mol. The molecule has 4 nitrogen and oxygen atoms in total. The molecule has 0 fully saturated rings. The van der Waals surface area contributed by atoms with E-state index in [4.69, 9.17) is 9.47 Å². The first-order valence-corrected chi connectivity index (χ1v) is 11.0. The lowest BCUT2D eigenvalue weighted by molar-refractivity contribution is -0.540. The molecule has 0 aromatic heterocycles. The van der Waals surface area contributed by atoms with E-state index in [9.17, 15) is 0 Å². The van der Waals surface area contributed by atoms with Crippen molar-refractivity contribution < 1.29 is 14.8 Å². The van der Waals surface area contributed by atoms with Crippen molar-refractivity contribution in [2.75, 3.05) is 39.3 Å². The number of nitrogens with zero attached hydrogens (tertiary/aromatic N) is 1. The van der Waals surface area contributed by atoms with Gasteiger partial charge in [-0.1, -0.05) is 26.0 Å². The zero-order valence-corrected chi connectivity index (χ0v) is 19.8. The van der Waals surface area contributed by atoms with E-state index in [2.05, 4.69) is 87.4 Å². The average molecular weight is 412 g/mol. The van der Waals surface area contributed by atoms with Crippen LogP contribution in [0.2, 0.25) is 0 Å². The number of rotatable bonds is 11. The second-order valence-electron chi connectivity index (χ2n) is 7.86. The van der Waals surface area contributed by atoms with Crippen LogP contribution in [0.5, 0.6) is 11.5 Å². The topological polar surface area (TPSA) is 38.3 Å². The fraction of sp³-hybridized carbons (Fsp3) is 0.462. The van der Waals surface area contributed by atoms with Gasteiger partial charge >= 0.3 is 0 Å². The summed E-state index contributed by atoms with van der Waals surface area (Å²) in [6.45, 7) is 10.9. The summed E-state index contributed by atoms with van der Waals surface area (Å²) in [6, 6.07) is 12.8. The van der Waals surface area contributed by atoms with Crippen LogP contribution in [0, 0.1) is 0 Å². The number of hydrogen-bond acceptors (Lipinski definition) is 3. The average Bonchev–Trinajstić information content (AvgIpc) is 2.79. The van der Waals surface area contributed by atoms with Crippen molar-refractivity contribution in [3.8, 4) is 11.5 Å². The molecule has 0 aliphatic rings. The van der Waals surface area contributed by atoms with Crippen LogP contribution in [0.15, 0.2) is 42.5 Å². The summed E-state index contributed by atoms with van der Waals surface area (Å²) >= 11 is 0. The van der Waals surface area contributed by atoms with Crippen LogP contribution in [-0.2, 0) is 5.41 Å². The number of benzene rings is 2. The van der Waals surface area contributed by atoms with Gasteiger partial charge in [0.15, 0.2) is 0 Å². The predicted octanol–water partition coefficient (Wildman–Crippen LogP) is 5.15. The molecule has 2 N–H and O–H groups in total. The van der Waals surface area contributed by atoms with Gasteiger partial charge in [-0.15, -0.1) is 0 Å². The molecule has 0 bridgehead atoms. The molecule has 2 aromatic rings. The van der Waals surface area contributed by atoms with E-state index in [-0.39, 0.29) is 5.41 Å². The maximum Gasteiger partial charge on any atom is 0.133 e. The maximum atomic E-state index is 5.69. The predicted molar refractivity (Wildman–Crippen MR) is 128 cm³/mol. The Morgan fingerprint density at radius 3 is 2.30 bits per heavy atom. The van der Waals surface area contributed by atoms with E-state index in [1.54, 1.807) is 14.2 Å². The highest BCUT2D eigenvalue weighted by atomic mass is 16.5. The molecule has 2 rings (SSSR count). The van der Waals surface area contributed by atoms with E-state index in [1.807, 2.05) is 6.07 Å². The third-order valence-electron chi connectivity index (χ3n) is 6.21. The third kappa shape index (κ3) is 5.37. The van der Waals surface area contributed by atoms with Crippen molar-refractivity contribution in [3.05, 3.63) is 53.6 Å². The molecule has 164 valence electrons. The Hall–Kier alpha value is -2.46. The molecule has 0 amide bonds. The van der Waals surface area contributed by atoms with Gasteiger partial charge in [0.05, 0.1) is 21.3 Å². The number of hydrogen-bond donors (Lipinski definition) is 1. The van der Waals surface area contributed by atoms with Crippen LogP contribution in [0.3, 0.4) is 0 Å². The van der Waals surface area contributed by atoms with Gasteiger partial charge in [0.1, 0.15) is 17.2 Å². The highest BCUT2D eigenvalue weighted by Crippen LogP contribution is 2.37. The number of methoxy groups -OCH3 is 2. The van der Waals surface area contributed by atoms with E-state index in [0.717, 1.165) is 43.0 Å². The summed E-state index contributed by atoms with van der Waals surface area (Å²) < 4.78 is 11.2. The first-order valence-electron chi connectivity index (χ1n) is 11.0. The lowest BCUT2D eigenvalue weighted by Crippen LogP contribution is -2.73. The highest BCUT2D eigenvalue weighted by Gasteiger charge is 2.28. The summed E-state index contributed by atoms with van der Waals surface area (Å²) in [4.78, 5) is 2.33. The van der Waals surface area contributed by atoms with Crippen LogP contribution < -0.4 is 19.7 Å². The van der Waals surface area contributed by atoms with Crippen molar-refractivity contribution in [2.45, 2.75) is 46.0 Å². The molecule has 30 heavy (non-hydrogen) atoms. The molecule has 0 saturated carbocycles. The number of allylic oxidation sites excluding steroid dienone is 1. The zero-order valence-electron chi connectivity index (χ0n) is 19.8. The molecule has 2 aromatic carbocycles. The van der Waals surface area contributed by atoms with Crippen LogP contribution in [-0.4, -0.2) is 34.4 Å². The van der Waals surface area contributed by atoms with Gasteiger partial charge in [-0.2, -0.15) is 0 Å². The monoisotopic (exact) mass is 411 g/mol. The van der Waals surface area contributed by atoms with Gasteiger partial charge in [0, 0.05) is 47.5 Å². The first kappa shape index (κ1) is 23.8. The Bertz CT molecular complexity index is 843. The minimum absolute atomic E-state index is 0.0290. The molecule has 0 aliphatic carbocycles. The van der Waals surface area contributed by atoms with Gasteiger partial charge in [0.25, 0.3) is 0 Å². The largest absolute Gasteiger partial charge is 0.497 e. The van der Waals surface area contributed by atoms with E-state index >= 15 is 0 Å². The molecule has 0 spiro atoms. The maximum absolute atomic E-state index is 5.69. The number of nitrogens with two attached hydrogens (primary N) is 1. The number of ether oxygens (including phenoxy) is 2. The van der Waals surface area contributed by atoms with Crippen molar-refractivity contribution >= 4 is 17.5 Å². The third-order valence-corrected chi connectivity index (χ3v) is 6.21. The van der Waals surface area contributed by atoms with E-state index in [1.165, 1.54) is 16.9 Å². The summed E-state index contributed by atoms with van der Waals surface area (Å²) in [5, 5.41) is 2.18. The zero-order chi connectivity index (χ0) is 22.1. The molecule has 0 heterocycles. The van der Waals surface area contributed by atoms with Gasteiger partial charge in [-0.05, 0) is 51.0 Å². The summed E-state index contributed by atoms with van der Waals surface area (Å²) in [6.07, 6.45) is 6.45. The fourth-order valence-electron chi connectivity index (χ4n) is 3.95. The SMILES string of the molecule is CCN(CC)c1ccc(/C=C/CC(C)(CC)c2cc(OC)ccc2[NH2+]C)c(OC)c1. The highest BCUT2D eigenvalue weighted by molar-refractivity contribution is 5.64. The van der Waals surface area contributed by atoms with Crippen molar-refractivity contribution in [3.63, 3.8) is 0 Å². The lowest BCUT2D eigenvalue weighted by atomic mass is 9.76. The Balaban J connectivity index is 2.30. The normalized spacial score (nSPS) is 13.3. The minimum Gasteiger partial charge on any atom is -0.497 e. The van der Waals surface area contributed by atoms with Gasteiger partial charge in [-0.25, -0.2) is 0 Å². The number of quaternary nitrogens is 1. The molecule has 0 aliphatic heterocycles. The quantitative estimate of drug-likeness (QED) is 0.520. The van der Waals surface area contributed by atoms with Crippen molar-refractivity contribution in [2.24, 2.45) is 0 Å². The second-order valence-corrected chi connectivity index (χ2v) is 7.86. The minimum atomic E-state index is 0.0290. The smallest absolute Gasteiger partial charge is 0.133 e. The van der Waals surface area contributed by atoms with E-state index in [0.29, 0.717) is 0 Å². The molecule has 1 atom stereocenters. The fourth-order valence-corrected chi connectivity index (χ4v) is 3.95. The van der Waals surface area contributed by atoms with Crippen LogP contribution >= 0.6 is 0 Å². The summed E-state index contributed by atoms with van der Waals surface area (Å²) in [5.41, 5.74) is 4.95. The molecule has 1 unspecified atom stereocenters. The van der Waals surface area contributed by atoms with Crippen molar-refractivity contribution in [1.29, 1.82) is 0 Å². The Kier molecular flexibility index (Phi) is 8.79. The van der Waals surface area contributed by atoms with Crippen molar-refractivity contribution in [1.82, 2.24) is 0 Å². The first-order chi connectivity index (χ1) is 14.5. The Morgan fingerprint density at radius 1 is 1.00 bits per heavy atom. The van der Waals surface area contributed by atoms with Gasteiger partial charge < -0.3 is 19.7 Å². The Labute approximate surface area is 182 Å². The van der Waals surface area contributed by atoms with Crippen LogP contribution in [0.25, 0.3) is 6.08 Å². The number of anilines is 1. The molecule has 0 radical (unpaired) electrons. The van der Waals surface area contributed by atoms with Gasteiger partial charge in [-0.3, -0.25) is 0 Å². The molecule has 4 heteroatoms. The van der Waals surface area contributed by atoms with Gasteiger partial charge in [0.2, 0.25) is 0 Å². The molecular formula is C26H39N2O2+. The summed E-state index contributed by atoms with van der Waals surface area (Å²) in [7, 11) is 5.57.